The smallest absolute Gasteiger partial charge is 0.149 e. The van der Waals surface area contributed by atoms with Gasteiger partial charge in [0.2, 0.25) is 0 Å². The molecule has 4 heteroatoms. The van der Waals surface area contributed by atoms with Crippen molar-refractivity contribution in [3.05, 3.63) is 179 Å². The van der Waals surface area contributed by atoms with E-state index < -0.39 is 0 Å². The average molecular weight is 676 g/mol. The van der Waals surface area contributed by atoms with Crippen molar-refractivity contribution in [1.82, 2.24) is 14.5 Å². The highest BCUT2D eigenvalue weighted by atomic mass is 16.3. The summed E-state index contributed by atoms with van der Waals surface area (Å²) in [5.41, 5.74) is 17.9. The highest BCUT2D eigenvalue weighted by Gasteiger charge is 2.22. The van der Waals surface area contributed by atoms with Gasteiger partial charge in [-0.05, 0) is 133 Å². The molecule has 0 unspecified atom stereocenters. The Bertz CT molecular complexity index is 2600. The quantitative estimate of drug-likeness (QED) is 0.183. The number of aromatic nitrogens is 3. The number of benzene rings is 6. The minimum Gasteiger partial charge on any atom is -0.507 e. The molecule has 6 aromatic carbocycles. The van der Waals surface area contributed by atoms with Crippen molar-refractivity contribution in [3.63, 3.8) is 0 Å². The first-order valence-electron chi connectivity index (χ1n) is 17.8. The zero-order valence-corrected chi connectivity index (χ0v) is 30.3. The second-order valence-corrected chi connectivity index (χ2v) is 14.0. The van der Waals surface area contributed by atoms with Gasteiger partial charge in [0.25, 0.3) is 0 Å². The standard InChI is InChI=1S/C48H41N3O/c1-30-22-33(4)47(52)43(23-30)48-50-46-39(20-13-21-45(46)51(48)38-19-12-16-36(26-38)25-35-14-8-6-9-15-35)41-27-42(32(3)24-31(41)2)44-28-40(34(5)29-49-44)37-17-10-7-11-18-37/h6-24,26-29,52H,25H2,1-5H3. The SMILES string of the molecule is Cc1cc(C)c(O)c(-c2nc3c(-c4cc(-c5cc(-c6ccccc6)c(C)cn5)c(C)cc4C)cccc3n2-c2cccc(Cc3ccccc3)c2)c1. The van der Waals surface area contributed by atoms with Crippen molar-refractivity contribution in [3.8, 4) is 56.3 Å². The third kappa shape index (κ3) is 6.07. The van der Waals surface area contributed by atoms with Gasteiger partial charge in [-0.3, -0.25) is 9.55 Å². The molecule has 2 aromatic heterocycles. The van der Waals surface area contributed by atoms with E-state index in [0.717, 1.165) is 62.2 Å². The third-order valence-corrected chi connectivity index (χ3v) is 10.1. The second kappa shape index (κ2) is 13.5. The maximum Gasteiger partial charge on any atom is 0.149 e. The lowest BCUT2D eigenvalue weighted by molar-refractivity contribution is 0.472. The lowest BCUT2D eigenvalue weighted by Crippen LogP contribution is -2.00. The second-order valence-electron chi connectivity index (χ2n) is 14.0. The summed E-state index contributed by atoms with van der Waals surface area (Å²) in [5, 5.41) is 11.5. The van der Waals surface area contributed by atoms with Gasteiger partial charge >= 0.3 is 0 Å². The molecule has 0 atom stereocenters. The maximum atomic E-state index is 11.5. The van der Waals surface area contributed by atoms with Crippen molar-refractivity contribution >= 4 is 11.0 Å². The minimum atomic E-state index is 0.248. The number of nitrogens with zero attached hydrogens (tertiary/aromatic N) is 3. The zero-order chi connectivity index (χ0) is 35.9. The van der Waals surface area contributed by atoms with Crippen LogP contribution in [-0.2, 0) is 6.42 Å². The number of hydrogen-bond donors (Lipinski definition) is 1. The van der Waals surface area contributed by atoms with E-state index in [0.29, 0.717) is 11.4 Å². The van der Waals surface area contributed by atoms with Crippen molar-refractivity contribution in [2.24, 2.45) is 0 Å². The number of phenolic OH excluding ortho intramolecular Hbond substituents is 1. The van der Waals surface area contributed by atoms with Crippen LogP contribution in [0.25, 0.3) is 61.6 Å². The molecular formula is C48H41N3O. The number of phenols is 1. The summed E-state index contributed by atoms with van der Waals surface area (Å²) in [7, 11) is 0. The van der Waals surface area contributed by atoms with Crippen LogP contribution in [0.4, 0.5) is 0 Å². The molecule has 4 nitrogen and oxygen atoms in total. The summed E-state index contributed by atoms with van der Waals surface area (Å²) in [5.74, 6) is 0.957. The molecule has 0 aliphatic heterocycles. The lowest BCUT2D eigenvalue weighted by Gasteiger charge is -2.15. The van der Waals surface area contributed by atoms with Crippen LogP contribution in [0.15, 0.2) is 140 Å². The Morgan fingerprint density at radius 2 is 1.25 bits per heavy atom. The van der Waals surface area contributed by atoms with Gasteiger partial charge in [-0.1, -0.05) is 97.1 Å². The van der Waals surface area contributed by atoms with Gasteiger partial charge in [0.05, 0.1) is 22.3 Å². The number of para-hydroxylation sites is 1. The number of hydrogen-bond acceptors (Lipinski definition) is 3. The molecule has 1 N–H and O–H groups in total. The Morgan fingerprint density at radius 1 is 0.538 bits per heavy atom. The largest absolute Gasteiger partial charge is 0.507 e. The normalized spacial score (nSPS) is 11.3. The molecule has 52 heavy (non-hydrogen) atoms. The summed E-state index contributed by atoms with van der Waals surface area (Å²) in [4.78, 5) is 10.3. The topological polar surface area (TPSA) is 50.9 Å². The monoisotopic (exact) mass is 675 g/mol. The third-order valence-electron chi connectivity index (χ3n) is 10.1. The summed E-state index contributed by atoms with van der Waals surface area (Å²) in [6.45, 7) is 10.5. The van der Waals surface area contributed by atoms with Crippen LogP contribution in [0, 0.1) is 34.6 Å². The van der Waals surface area contributed by atoms with E-state index in [-0.39, 0.29) is 5.75 Å². The summed E-state index contributed by atoms with van der Waals surface area (Å²) in [6.07, 6.45) is 2.80. The van der Waals surface area contributed by atoms with E-state index in [1.165, 1.54) is 33.4 Å². The van der Waals surface area contributed by atoms with Gasteiger partial charge < -0.3 is 5.11 Å². The van der Waals surface area contributed by atoms with E-state index >= 15 is 0 Å². The Morgan fingerprint density at radius 3 is 2.04 bits per heavy atom. The van der Waals surface area contributed by atoms with Crippen LogP contribution < -0.4 is 0 Å². The molecule has 0 radical (unpaired) electrons. The molecule has 0 aliphatic carbocycles. The molecule has 0 fully saturated rings. The number of pyridine rings is 1. The minimum absolute atomic E-state index is 0.248. The molecule has 0 amide bonds. The van der Waals surface area contributed by atoms with Crippen molar-refractivity contribution < 1.29 is 5.11 Å². The van der Waals surface area contributed by atoms with E-state index in [1.807, 2.05) is 31.3 Å². The number of aromatic hydroxyl groups is 1. The van der Waals surface area contributed by atoms with Gasteiger partial charge in [-0.15, -0.1) is 0 Å². The fourth-order valence-electron chi connectivity index (χ4n) is 7.54. The van der Waals surface area contributed by atoms with E-state index in [2.05, 4.69) is 148 Å². The van der Waals surface area contributed by atoms with Gasteiger partial charge in [-0.2, -0.15) is 0 Å². The Balaban J connectivity index is 1.33. The lowest BCUT2D eigenvalue weighted by atomic mass is 9.91. The summed E-state index contributed by atoms with van der Waals surface area (Å²) < 4.78 is 2.21. The van der Waals surface area contributed by atoms with Gasteiger partial charge in [0.1, 0.15) is 11.6 Å². The average Bonchev–Trinajstić information content (AvgIpc) is 3.54. The Hall–Kier alpha value is -6.26. The van der Waals surface area contributed by atoms with E-state index in [9.17, 15) is 5.11 Å². The molecule has 2 heterocycles. The summed E-state index contributed by atoms with van der Waals surface area (Å²) in [6, 6.07) is 46.9. The van der Waals surface area contributed by atoms with Crippen LogP contribution in [0.1, 0.15) is 38.9 Å². The van der Waals surface area contributed by atoms with Gasteiger partial charge in [0, 0.05) is 23.0 Å². The molecule has 8 rings (SSSR count). The van der Waals surface area contributed by atoms with Crippen LogP contribution in [-0.4, -0.2) is 19.6 Å². The first-order valence-corrected chi connectivity index (χ1v) is 17.8. The van der Waals surface area contributed by atoms with Crippen LogP contribution >= 0.6 is 0 Å². The first-order chi connectivity index (χ1) is 25.2. The van der Waals surface area contributed by atoms with Crippen molar-refractivity contribution in [2.75, 3.05) is 0 Å². The van der Waals surface area contributed by atoms with Crippen LogP contribution in [0.5, 0.6) is 5.75 Å². The molecular weight excluding hydrogens is 635 g/mol. The van der Waals surface area contributed by atoms with Gasteiger partial charge in [-0.25, -0.2) is 4.98 Å². The molecule has 254 valence electrons. The van der Waals surface area contributed by atoms with Crippen molar-refractivity contribution in [1.29, 1.82) is 0 Å². The first kappa shape index (κ1) is 32.9. The zero-order valence-electron chi connectivity index (χ0n) is 30.3. The number of imidazole rings is 1. The predicted molar refractivity (Wildman–Crippen MR) is 215 cm³/mol. The van der Waals surface area contributed by atoms with Gasteiger partial charge in [0.15, 0.2) is 0 Å². The molecule has 0 saturated heterocycles. The van der Waals surface area contributed by atoms with Crippen molar-refractivity contribution in [2.45, 2.75) is 41.0 Å². The molecule has 0 saturated carbocycles. The molecule has 0 bridgehead atoms. The number of aryl methyl sites for hydroxylation is 5. The molecule has 0 aliphatic rings. The highest BCUT2D eigenvalue weighted by molar-refractivity contribution is 5.97. The molecule has 8 aromatic rings. The summed E-state index contributed by atoms with van der Waals surface area (Å²) >= 11 is 0. The Kier molecular flexibility index (Phi) is 8.52. The van der Waals surface area contributed by atoms with Crippen LogP contribution in [0.3, 0.4) is 0 Å². The highest BCUT2D eigenvalue weighted by Crippen LogP contribution is 2.41. The number of rotatable bonds is 7. The maximum absolute atomic E-state index is 11.5. The predicted octanol–water partition coefficient (Wildman–Crippen LogP) is 11.9. The Labute approximate surface area is 305 Å². The number of fused-ring (bicyclic) bond motifs is 1. The molecule has 0 spiro atoms. The fourth-order valence-corrected chi connectivity index (χ4v) is 7.54. The van der Waals surface area contributed by atoms with Crippen LogP contribution in [0.2, 0.25) is 0 Å². The van der Waals surface area contributed by atoms with E-state index in [4.69, 9.17) is 9.97 Å². The van der Waals surface area contributed by atoms with E-state index in [1.54, 1.807) is 0 Å². The fraction of sp³-hybridized carbons (Fsp3) is 0.125.